The van der Waals surface area contributed by atoms with Crippen LogP contribution in [0.15, 0.2) is 22.7 Å². The van der Waals surface area contributed by atoms with Gasteiger partial charge in [0.15, 0.2) is 5.69 Å². The summed E-state index contributed by atoms with van der Waals surface area (Å²) in [7, 11) is 0. The van der Waals surface area contributed by atoms with Crippen molar-refractivity contribution in [1.29, 1.82) is 0 Å². The van der Waals surface area contributed by atoms with Crippen LogP contribution in [0, 0.1) is 0 Å². The van der Waals surface area contributed by atoms with Crippen LogP contribution in [-0.4, -0.2) is 20.9 Å². The molecule has 1 aromatic heterocycles. The van der Waals surface area contributed by atoms with Crippen LogP contribution >= 0.6 is 27.5 Å². The van der Waals surface area contributed by atoms with Crippen molar-refractivity contribution in [3.63, 3.8) is 0 Å². The molecular formula is C13H10BrClN2O2. The molecule has 0 bridgehead atoms. The first-order valence-corrected chi connectivity index (χ1v) is 7.04. The molecule has 1 aliphatic carbocycles. The molecule has 3 rings (SSSR count). The van der Waals surface area contributed by atoms with Crippen molar-refractivity contribution < 1.29 is 9.90 Å². The normalized spacial score (nSPS) is 13.6. The Balaban J connectivity index is 2.21. The lowest BCUT2D eigenvalue weighted by atomic mass is 10.2. The van der Waals surface area contributed by atoms with Gasteiger partial charge < -0.3 is 5.11 Å². The molecule has 0 aliphatic heterocycles. The first-order valence-electron chi connectivity index (χ1n) is 5.87. The Morgan fingerprint density at radius 3 is 2.89 bits per heavy atom. The highest BCUT2D eigenvalue weighted by Gasteiger charge is 2.27. The van der Waals surface area contributed by atoms with Crippen molar-refractivity contribution in [2.24, 2.45) is 0 Å². The number of carbonyl (C=O) groups is 1. The minimum atomic E-state index is -0.970. The third kappa shape index (κ3) is 2.07. The first kappa shape index (κ1) is 12.7. The third-order valence-electron chi connectivity index (χ3n) is 3.27. The number of hydrogen-bond donors (Lipinski definition) is 1. The van der Waals surface area contributed by atoms with E-state index in [1.165, 1.54) is 0 Å². The Kier molecular flexibility index (Phi) is 3.11. The maximum absolute atomic E-state index is 11.2. The SMILES string of the molecule is O=C(O)c1nn(-c2ccc(Cl)cc2Br)c2c1CCC2. The van der Waals surface area contributed by atoms with Gasteiger partial charge in [0.1, 0.15) is 0 Å². The van der Waals surface area contributed by atoms with Crippen LogP contribution in [0.3, 0.4) is 0 Å². The maximum Gasteiger partial charge on any atom is 0.356 e. The molecule has 0 radical (unpaired) electrons. The summed E-state index contributed by atoms with van der Waals surface area (Å²) in [5.41, 5.74) is 2.82. The van der Waals surface area contributed by atoms with Gasteiger partial charge in [-0.15, -0.1) is 0 Å². The molecule has 0 saturated heterocycles. The topological polar surface area (TPSA) is 55.1 Å². The number of fused-ring (bicyclic) bond motifs is 1. The average Bonchev–Trinajstić information content (AvgIpc) is 2.90. The molecule has 1 aliphatic rings. The van der Waals surface area contributed by atoms with E-state index in [1.54, 1.807) is 16.8 Å². The quantitative estimate of drug-likeness (QED) is 0.910. The standard InChI is InChI=1S/C13H10BrClN2O2/c14-9-6-7(15)4-5-11(9)17-10-3-1-2-8(10)12(16-17)13(18)19/h4-6H,1-3H2,(H,18,19). The number of rotatable bonds is 2. The first-order chi connectivity index (χ1) is 9.08. The van der Waals surface area contributed by atoms with Crippen molar-refractivity contribution in [2.45, 2.75) is 19.3 Å². The second kappa shape index (κ2) is 4.65. The lowest BCUT2D eigenvalue weighted by molar-refractivity contribution is 0.0689. The summed E-state index contributed by atoms with van der Waals surface area (Å²) in [6.45, 7) is 0. The molecule has 1 aromatic carbocycles. The summed E-state index contributed by atoms with van der Waals surface area (Å²) in [6, 6.07) is 5.38. The summed E-state index contributed by atoms with van der Waals surface area (Å²) in [6.07, 6.45) is 2.60. The van der Waals surface area contributed by atoms with E-state index in [0.717, 1.165) is 40.7 Å². The fraction of sp³-hybridized carbons (Fsp3) is 0.231. The third-order valence-corrected chi connectivity index (χ3v) is 4.14. The van der Waals surface area contributed by atoms with Crippen molar-refractivity contribution in [1.82, 2.24) is 9.78 Å². The highest BCUT2D eigenvalue weighted by molar-refractivity contribution is 9.10. The Bertz CT molecular complexity index is 682. The average molecular weight is 342 g/mol. The van der Waals surface area contributed by atoms with Crippen molar-refractivity contribution in [3.05, 3.63) is 44.6 Å². The molecule has 6 heteroatoms. The lowest BCUT2D eigenvalue weighted by Crippen LogP contribution is -2.05. The van der Waals surface area contributed by atoms with Crippen molar-refractivity contribution in [3.8, 4) is 5.69 Å². The van der Waals surface area contributed by atoms with Gasteiger partial charge in [-0.2, -0.15) is 5.10 Å². The smallest absolute Gasteiger partial charge is 0.356 e. The molecule has 0 atom stereocenters. The molecule has 4 nitrogen and oxygen atoms in total. The second-order valence-electron chi connectivity index (χ2n) is 4.44. The summed E-state index contributed by atoms with van der Waals surface area (Å²) < 4.78 is 2.51. The molecule has 0 fully saturated rings. The monoisotopic (exact) mass is 340 g/mol. The summed E-state index contributed by atoms with van der Waals surface area (Å²) in [5.74, 6) is -0.970. The molecule has 19 heavy (non-hydrogen) atoms. The van der Waals surface area contributed by atoms with E-state index >= 15 is 0 Å². The zero-order valence-corrected chi connectivity index (χ0v) is 12.2. The fourth-order valence-electron chi connectivity index (χ4n) is 2.46. The highest BCUT2D eigenvalue weighted by Crippen LogP contribution is 2.31. The molecule has 0 spiro atoms. The van der Waals surface area contributed by atoms with Crippen LogP contribution in [0.2, 0.25) is 5.02 Å². The van der Waals surface area contributed by atoms with E-state index in [9.17, 15) is 9.90 Å². The van der Waals surface area contributed by atoms with Crippen LogP contribution in [-0.2, 0) is 12.8 Å². The largest absolute Gasteiger partial charge is 0.476 e. The van der Waals surface area contributed by atoms with Gasteiger partial charge in [-0.3, -0.25) is 0 Å². The van der Waals surface area contributed by atoms with Gasteiger partial charge in [0.05, 0.1) is 5.69 Å². The molecule has 98 valence electrons. The minimum absolute atomic E-state index is 0.161. The van der Waals surface area contributed by atoms with Crippen LogP contribution < -0.4 is 0 Å². The van der Waals surface area contributed by atoms with Crippen molar-refractivity contribution >= 4 is 33.5 Å². The number of aromatic carboxylic acids is 1. The van der Waals surface area contributed by atoms with E-state index in [1.807, 2.05) is 6.07 Å². The molecule has 1 N–H and O–H groups in total. The predicted molar refractivity (Wildman–Crippen MR) is 75.3 cm³/mol. The van der Waals surface area contributed by atoms with Crippen LogP contribution in [0.25, 0.3) is 5.69 Å². The van der Waals surface area contributed by atoms with E-state index < -0.39 is 5.97 Å². The highest BCUT2D eigenvalue weighted by atomic mass is 79.9. The van der Waals surface area contributed by atoms with Crippen molar-refractivity contribution in [2.75, 3.05) is 0 Å². The Labute approximate surface area is 123 Å². The molecule has 2 aromatic rings. The number of carboxylic acids is 1. The predicted octanol–water partition coefficient (Wildman–Crippen LogP) is 3.48. The van der Waals surface area contributed by atoms with E-state index in [4.69, 9.17) is 11.6 Å². The Morgan fingerprint density at radius 1 is 1.42 bits per heavy atom. The molecule has 0 unspecified atom stereocenters. The minimum Gasteiger partial charge on any atom is -0.476 e. The van der Waals surface area contributed by atoms with Gasteiger partial charge in [-0.05, 0) is 53.4 Å². The lowest BCUT2D eigenvalue weighted by Gasteiger charge is -2.08. The zero-order valence-electron chi connectivity index (χ0n) is 9.86. The zero-order chi connectivity index (χ0) is 13.6. The van der Waals surface area contributed by atoms with Gasteiger partial charge in [-0.25, -0.2) is 9.48 Å². The molecular weight excluding hydrogens is 332 g/mol. The number of benzene rings is 1. The van der Waals surface area contributed by atoms with Crippen LogP contribution in [0.1, 0.15) is 28.2 Å². The van der Waals surface area contributed by atoms with Gasteiger partial charge in [0.2, 0.25) is 0 Å². The van der Waals surface area contributed by atoms with Gasteiger partial charge >= 0.3 is 5.97 Å². The summed E-state index contributed by atoms with van der Waals surface area (Å²) in [4.78, 5) is 11.2. The molecule has 0 saturated carbocycles. The van der Waals surface area contributed by atoms with Gasteiger partial charge in [0, 0.05) is 20.8 Å². The number of hydrogen-bond acceptors (Lipinski definition) is 2. The molecule has 0 amide bonds. The van der Waals surface area contributed by atoms with E-state index in [2.05, 4.69) is 21.0 Å². The number of aromatic nitrogens is 2. The Morgan fingerprint density at radius 2 is 2.21 bits per heavy atom. The van der Waals surface area contributed by atoms with Crippen LogP contribution in [0.4, 0.5) is 0 Å². The number of halogens is 2. The van der Waals surface area contributed by atoms with Gasteiger partial charge in [0.25, 0.3) is 0 Å². The van der Waals surface area contributed by atoms with Gasteiger partial charge in [-0.1, -0.05) is 11.6 Å². The fourth-order valence-corrected chi connectivity index (χ4v) is 3.31. The molecule has 1 heterocycles. The van der Waals surface area contributed by atoms with E-state index in [-0.39, 0.29) is 5.69 Å². The Hall–Kier alpha value is -1.33. The number of nitrogens with zero attached hydrogens (tertiary/aromatic N) is 2. The summed E-state index contributed by atoms with van der Waals surface area (Å²) >= 11 is 9.37. The second-order valence-corrected chi connectivity index (χ2v) is 5.73. The summed E-state index contributed by atoms with van der Waals surface area (Å²) in [5, 5.41) is 14.1. The van der Waals surface area contributed by atoms with E-state index in [0.29, 0.717) is 5.02 Å². The maximum atomic E-state index is 11.2. The van der Waals surface area contributed by atoms with Crippen LogP contribution in [0.5, 0.6) is 0 Å². The number of carboxylic acid groups (broad SMARTS) is 1.